The largest absolute Gasteiger partial charge is 0.310 e. The van der Waals surface area contributed by atoms with E-state index in [9.17, 15) is 13.2 Å². The number of nitrogens with one attached hydrogen (secondary N) is 1. The topological polar surface area (TPSA) is 72.5 Å². The molecule has 0 aliphatic rings. The zero-order valence-electron chi connectivity index (χ0n) is 9.50. The van der Waals surface area contributed by atoms with Gasteiger partial charge in [-0.05, 0) is 5.56 Å². The number of aldehydes is 1. The molecule has 0 saturated carbocycles. The summed E-state index contributed by atoms with van der Waals surface area (Å²) in [6.07, 6.45) is 0.411. The van der Waals surface area contributed by atoms with Gasteiger partial charge in [-0.1, -0.05) is 30.3 Å². The molecule has 0 heterocycles. The third-order valence-electron chi connectivity index (χ3n) is 1.97. The van der Waals surface area contributed by atoms with Crippen LogP contribution in [0.2, 0.25) is 0 Å². The highest BCUT2D eigenvalue weighted by molar-refractivity contribution is 7.86. The summed E-state index contributed by atoms with van der Waals surface area (Å²) >= 11 is 0. The average Bonchev–Trinajstić information content (AvgIpc) is 2.27. The number of hydrogen-bond donors (Lipinski definition) is 1. The van der Waals surface area contributed by atoms with Crippen molar-refractivity contribution in [2.75, 3.05) is 12.8 Å². The second-order valence-electron chi connectivity index (χ2n) is 3.59. The SMILES string of the molecule is CS(=O)(=O)OC(C=O)CNCc1ccccc1. The molecule has 17 heavy (non-hydrogen) atoms. The standard InChI is InChI=1S/C11H15NO4S/c1-17(14,15)16-11(9-13)8-12-7-10-5-3-2-4-6-10/h2-6,9,11-12H,7-8H2,1H3. The van der Waals surface area contributed by atoms with Crippen LogP contribution in [0.1, 0.15) is 5.56 Å². The summed E-state index contributed by atoms with van der Waals surface area (Å²) < 4.78 is 26.2. The Morgan fingerprint density at radius 1 is 1.35 bits per heavy atom. The molecule has 6 heteroatoms. The van der Waals surface area contributed by atoms with E-state index >= 15 is 0 Å². The van der Waals surface area contributed by atoms with E-state index in [2.05, 4.69) is 9.50 Å². The number of carbonyl (C=O) groups is 1. The fraction of sp³-hybridized carbons (Fsp3) is 0.364. The molecule has 0 aromatic heterocycles. The maximum atomic E-state index is 10.8. The van der Waals surface area contributed by atoms with Gasteiger partial charge in [0.05, 0.1) is 6.26 Å². The molecular weight excluding hydrogens is 242 g/mol. The molecule has 1 unspecified atom stereocenters. The Labute approximate surface area is 101 Å². The Bertz CT molecular complexity index is 444. The number of hydrogen-bond acceptors (Lipinski definition) is 5. The molecule has 0 spiro atoms. The lowest BCUT2D eigenvalue weighted by atomic mass is 10.2. The first kappa shape index (κ1) is 13.8. The van der Waals surface area contributed by atoms with Crippen molar-refractivity contribution in [3.8, 4) is 0 Å². The van der Waals surface area contributed by atoms with Gasteiger partial charge < -0.3 is 10.1 Å². The van der Waals surface area contributed by atoms with Gasteiger partial charge in [-0.15, -0.1) is 0 Å². The van der Waals surface area contributed by atoms with Gasteiger partial charge in [-0.25, -0.2) is 0 Å². The quantitative estimate of drug-likeness (QED) is 0.562. The van der Waals surface area contributed by atoms with Crippen molar-refractivity contribution in [2.24, 2.45) is 0 Å². The van der Waals surface area contributed by atoms with Crippen LogP contribution < -0.4 is 5.32 Å². The third kappa shape index (κ3) is 6.15. The maximum Gasteiger partial charge on any atom is 0.265 e. The van der Waals surface area contributed by atoms with E-state index in [1.807, 2.05) is 30.3 Å². The lowest BCUT2D eigenvalue weighted by Gasteiger charge is -2.10. The highest BCUT2D eigenvalue weighted by Crippen LogP contribution is 1.98. The van der Waals surface area contributed by atoms with Crippen molar-refractivity contribution in [3.05, 3.63) is 35.9 Å². The molecule has 0 amide bonds. The van der Waals surface area contributed by atoms with Crippen molar-refractivity contribution in [1.29, 1.82) is 0 Å². The number of benzene rings is 1. The molecule has 1 rings (SSSR count). The van der Waals surface area contributed by atoms with Crippen LogP contribution in [0, 0.1) is 0 Å². The summed E-state index contributed by atoms with van der Waals surface area (Å²) in [6, 6.07) is 9.58. The lowest BCUT2D eigenvalue weighted by molar-refractivity contribution is -0.113. The first-order valence-corrected chi connectivity index (χ1v) is 6.91. The first-order valence-electron chi connectivity index (χ1n) is 5.09. The van der Waals surface area contributed by atoms with Crippen LogP contribution >= 0.6 is 0 Å². The summed E-state index contributed by atoms with van der Waals surface area (Å²) in [5, 5.41) is 2.95. The minimum absolute atomic E-state index is 0.158. The Hall–Kier alpha value is -1.24. The molecule has 5 nitrogen and oxygen atoms in total. The van der Waals surface area contributed by atoms with E-state index in [-0.39, 0.29) is 6.54 Å². The summed E-state index contributed by atoms with van der Waals surface area (Å²) in [7, 11) is -3.60. The Balaban J connectivity index is 2.36. The molecular formula is C11H15NO4S. The van der Waals surface area contributed by atoms with Gasteiger partial charge in [-0.2, -0.15) is 8.42 Å². The predicted molar refractivity (Wildman–Crippen MR) is 63.9 cm³/mol. The summed E-state index contributed by atoms with van der Waals surface area (Å²) in [4.78, 5) is 10.6. The number of rotatable bonds is 7. The van der Waals surface area contributed by atoms with Crippen LogP contribution in [0.5, 0.6) is 0 Å². The van der Waals surface area contributed by atoms with Crippen LogP contribution in [0.3, 0.4) is 0 Å². The van der Waals surface area contributed by atoms with E-state index in [0.717, 1.165) is 11.8 Å². The van der Waals surface area contributed by atoms with Gasteiger partial charge in [0.1, 0.15) is 6.10 Å². The van der Waals surface area contributed by atoms with Gasteiger partial charge in [0.15, 0.2) is 6.29 Å². The molecule has 0 bridgehead atoms. The molecule has 1 aromatic carbocycles. The van der Waals surface area contributed by atoms with Crippen LogP contribution in [0.4, 0.5) is 0 Å². The molecule has 0 saturated heterocycles. The molecule has 0 fully saturated rings. The molecule has 1 N–H and O–H groups in total. The van der Waals surface area contributed by atoms with E-state index in [1.54, 1.807) is 0 Å². The van der Waals surface area contributed by atoms with E-state index in [4.69, 9.17) is 0 Å². The monoisotopic (exact) mass is 257 g/mol. The molecule has 94 valence electrons. The summed E-state index contributed by atoms with van der Waals surface area (Å²) in [5.41, 5.74) is 1.05. The first-order chi connectivity index (χ1) is 8.01. The van der Waals surface area contributed by atoms with Crippen molar-refractivity contribution < 1.29 is 17.4 Å². The van der Waals surface area contributed by atoms with Crippen LogP contribution in [-0.4, -0.2) is 33.6 Å². The van der Waals surface area contributed by atoms with Gasteiger partial charge in [0.25, 0.3) is 10.1 Å². The van der Waals surface area contributed by atoms with Crippen LogP contribution in [0.15, 0.2) is 30.3 Å². The molecule has 0 aliphatic carbocycles. The fourth-order valence-electron chi connectivity index (χ4n) is 1.28. The highest BCUT2D eigenvalue weighted by atomic mass is 32.2. The van der Waals surface area contributed by atoms with Crippen LogP contribution in [0.25, 0.3) is 0 Å². The van der Waals surface area contributed by atoms with Crippen molar-refractivity contribution in [2.45, 2.75) is 12.6 Å². The lowest BCUT2D eigenvalue weighted by Crippen LogP contribution is -2.31. The van der Waals surface area contributed by atoms with Crippen molar-refractivity contribution >= 4 is 16.4 Å². The van der Waals surface area contributed by atoms with E-state index < -0.39 is 16.2 Å². The van der Waals surface area contributed by atoms with E-state index in [0.29, 0.717) is 12.8 Å². The predicted octanol–water partition coefficient (Wildman–Crippen LogP) is 0.320. The van der Waals surface area contributed by atoms with Gasteiger partial charge >= 0.3 is 0 Å². The maximum absolute atomic E-state index is 10.8. The molecule has 0 aliphatic heterocycles. The smallest absolute Gasteiger partial charge is 0.265 e. The number of carbonyl (C=O) groups excluding carboxylic acids is 1. The minimum atomic E-state index is -3.60. The summed E-state index contributed by atoms with van der Waals surface area (Å²) in [5.74, 6) is 0. The third-order valence-corrected chi connectivity index (χ3v) is 2.56. The van der Waals surface area contributed by atoms with Crippen molar-refractivity contribution in [3.63, 3.8) is 0 Å². The second kappa shape index (κ2) is 6.48. The highest BCUT2D eigenvalue weighted by Gasteiger charge is 2.13. The zero-order chi connectivity index (χ0) is 12.7. The van der Waals surface area contributed by atoms with Gasteiger partial charge in [0, 0.05) is 13.1 Å². The Kier molecular flexibility index (Phi) is 5.27. The zero-order valence-corrected chi connectivity index (χ0v) is 10.3. The molecule has 0 radical (unpaired) electrons. The normalized spacial score (nSPS) is 13.2. The van der Waals surface area contributed by atoms with Crippen LogP contribution in [-0.2, 0) is 25.6 Å². The Morgan fingerprint density at radius 3 is 2.53 bits per heavy atom. The molecule has 1 aromatic rings. The van der Waals surface area contributed by atoms with Gasteiger partial charge in [-0.3, -0.25) is 4.18 Å². The van der Waals surface area contributed by atoms with Crippen molar-refractivity contribution in [1.82, 2.24) is 5.32 Å². The average molecular weight is 257 g/mol. The fourth-order valence-corrected chi connectivity index (χ4v) is 1.85. The second-order valence-corrected chi connectivity index (χ2v) is 5.19. The molecule has 1 atom stereocenters. The minimum Gasteiger partial charge on any atom is -0.310 e. The van der Waals surface area contributed by atoms with Gasteiger partial charge in [0.2, 0.25) is 0 Å². The van der Waals surface area contributed by atoms with E-state index in [1.165, 1.54) is 0 Å². The summed E-state index contributed by atoms with van der Waals surface area (Å²) in [6.45, 7) is 0.712. The Morgan fingerprint density at radius 2 is 2.00 bits per heavy atom.